The largest absolute Gasteiger partial charge is 0.444 e. The number of benzene rings is 1. The summed E-state index contributed by atoms with van der Waals surface area (Å²) in [6.07, 6.45) is -0.201. The minimum absolute atomic E-state index is 0.00483. The zero-order chi connectivity index (χ0) is 28.9. The van der Waals surface area contributed by atoms with Crippen LogP contribution in [0.25, 0.3) is 11.3 Å². The van der Waals surface area contributed by atoms with E-state index in [-0.39, 0.29) is 24.6 Å². The topological polar surface area (TPSA) is 141 Å². The molecule has 1 aromatic heterocycles. The third kappa shape index (κ3) is 7.73. The second-order valence-electron chi connectivity index (χ2n) is 11.0. The van der Waals surface area contributed by atoms with Crippen LogP contribution in [0.4, 0.5) is 9.18 Å². The first kappa shape index (κ1) is 30.0. The van der Waals surface area contributed by atoms with Gasteiger partial charge in [-0.05, 0) is 44.4 Å². The van der Waals surface area contributed by atoms with E-state index in [4.69, 9.17) is 4.74 Å². The number of alkyl carbamates (subject to hydrolysis) is 1. The Morgan fingerprint density at radius 1 is 1.15 bits per heavy atom. The summed E-state index contributed by atoms with van der Waals surface area (Å²) in [4.78, 5) is 44.4. The Hall–Kier alpha value is -3.57. The number of carbonyl (C=O) groups excluding carboxylic acids is 3. The lowest BCUT2D eigenvalue weighted by atomic mass is 10.0. The van der Waals surface area contributed by atoms with Crippen LogP contribution >= 0.6 is 0 Å². The van der Waals surface area contributed by atoms with Gasteiger partial charge >= 0.3 is 6.09 Å². The van der Waals surface area contributed by atoms with Gasteiger partial charge in [0.25, 0.3) is 0 Å². The normalized spacial score (nSPS) is 18.9. The smallest absolute Gasteiger partial charge is 0.408 e. The molecule has 1 aliphatic heterocycles. The number of likely N-dealkylation sites (tertiary alicyclic amines) is 1. The summed E-state index contributed by atoms with van der Waals surface area (Å²) in [7, 11) is 0. The van der Waals surface area contributed by atoms with E-state index in [1.54, 1.807) is 58.9 Å². The molecule has 2 aromatic rings. The first-order valence-corrected chi connectivity index (χ1v) is 12.9. The number of rotatable bonds is 8. The van der Waals surface area contributed by atoms with Gasteiger partial charge in [0.1, 0.15) is 29.2 Å². The number of carbonyl (C=O) groups is 3. The van der Waals surface area contributed by atoms with E-state index in [0.29, 0.717) is 11.1 Å². The molecule has 39 heavy (non-hydrogen) atoms. The highest BCUT2D eigenvalue weighted by molar-refractivity contribution is 5.92. The molecule has 1 fully saturated rings. The average molecular weight is 545 g/mol. The van der Waals surface area contributed by atoms with Crippen LogP contribution in [-0.2, 0) is 14.3 Å². The fourth-order valence-electron chi connectivity index (χ4n) is 4.41. The van der Waals surface area contributed by atoms with Gasteiger partial charge in [-0.25, -0.2) is 9.18 Å². The van der Waals surface area contributed by atoms with Crippen molar-refractivity contribution in [2.45, 2.75) is 70.9 Å². The second kappa shape index (κ2) is 12.5. The molecule has 4 N–H and O–H groups in total. The molecule has 1 saturated heterocycles. The van der Waals surface area contributed by atoms with Gasteiger partial charge in [-0.1, -0.05) is 38.1 Å². The summed E-state index contributed by atoms with van der Waals surface area (Å²) in [6.45, 7) is 8.12. The summed E-state index contributed by atoms with van der Waals surface area (Å²) in [5, 5.41) is 25.7. The number of nitrogens with zero attached hydrogens (tertiary/aromatic N) is 2. The minimum Gasteiger partial charge on any atom is -0.444 e. The molecule has 4 atom stereocenters. The number of hydrogen-bond acceptors (Lipinski definition) is 7. The number of ether oxygens (including phenoxy) is 1. The molecule has 0 aliphatic carbocycles. The van der Waals surface area contributed by atoms with E-state index in [0.717, 1.165) is 0 Å². The number of aliphatic hydroxyl groups excluding tert-OH is 2. The van der Waals surface area contributed by atoms with Crippen LogP contribution in [0.2, 0.25) is 0 Å². The molecule has 2 heterocycles. The van der Waals surface area contributed by atoms with Crippen molar-refractivity contribution in [3.05, 3.63) is 54.0 Å². The Kier molecular flexibility index (Phi) is 9.63. The Bertz CT molecular complexity index is 1170. The van der Waals surface area contributed by atoms with Gasteiger partial charge in [-0.2, -0.15) is 0 Å². The standard InChI is InChI=1S/C28H37FN4O6/c1-16(2)23(32-27(38)39-28(3,4)5)26(37)33-14-19(35)13-22(33)25(36)31-21(15-34)17-8-10-18(11-9-17)24-20(29)7-6-12-30-24/h6-12,16,19,21-23,34-35H,13-15H2,1-5H3,(H,31,36)(H,32,38)/t19-,21+,22+,23+/m1/s1. The number of aromatic nitrogens is 1. The van der Waals surface area contributed by atoms with Crippen molar-refractivity contribution in [3.63, 3.8) is 0 Å². The molecule has 3 rings (SSSR count). The van der Waals surface area contributed by atoms with Gasteiger partial charge in [0, 0.05) is 24.7 Å². The minimum atomic E-state index is -1.01. The molecule has 1 aromatic carbocycles. The van der Waals surface area contributed by atoms with Crippen LogP contribution in [0.1, 0.15) is 52.6 Å². The zero-order valence-corrected chi connectivity index (χ0v) is 22.8. The lowest BCUT2D eigenvalue weighted by Crippen LogP contribution is -2.56. The number of hydrogen-bond donors (Lipinski definition) is 4. The molecule has 10 nitrogen and oxygen atoms in total. The zero-order valence-electron chi connectivity index (χ0n) is 22.8. The molecule has 0 radical (unpaired) electrons. The van der Waals surface area contributed by atoms with E-state index in [1.807, 2.05) is 0 Å². The summed E-state index contributed by atoms with van der Waals surface area (Å²) < 4.78 is 19.4. The first-order valence-electron chi connectivity index (χ1n) is 12.9. The van der Waals surface area contributed by atoms with Crippen molar-refractivity contribution >= 4 is 17.9 Å². The van der Waals surface area contributed by atoms with Crippen LogP contribution in [0, 0.1) is 11.7 Å². The van der Waals surface area contributed by atoms with E-state index in [2.05, 4.69) is 15.6 Å². The summed E-state index contributed by atoms with van der Waals surface area (Å²) in [6, 6.07) is 6.58. The number of β-amino-alcohol motifs (C(OH)–C–C–N with tert-alkyl or cyclic N) is 1. The predicted molar refractivity (Wildman–Crippen MR) is 142 cm³/mol. The number of aliphatic hydroxyl groups is 2. The molecule has 1 aliphatic rings. The van der Waals surface area contributed by atoms with Gasteiger partial charge in [0.15, 0.2) is 0 Å². The fourth-order valence-corrected chi connectivity index (χ4v) is 4.41. The molecule has 11 heteroatoms. The maximum Gasteiger partial charge on any atom is 0.408 e. The molecule has 0 unspecified atom stereocenters. The van der Waals surface area contributed by atoms with Crippen LogP contribution in [0.15, 0.2) is 42.6 Å². The highest BCUT2D eigenvalue weighted by Gasteiger charge is 2.43. The van der Waals surface area contributed by atoms with Crippen LogP contribution in [0.3, 0.4) is 0 Å². The quantitative estimate of drug-likeness (QED) is 0.400. The number of nitrogens with one attached hydrogen (secondary N) is 2. The van der Waals surface area contributed by atoms with Crippen LogP contribution in [0.5, 0.6) is 0 Å². The highest BCUT2D eigenvalue weighted by atomic mass is 19.1. The Balaban J connectivity index is 1.74. The van der Waals surface area contributed by atoms with Gasteiger partial charge in [0.2, 0.25) is 11.8 Å². The van der Waals surface area contributed by atoms with Gasteiger partial charge < -0.3 is 30.5 Å². The number of amides is 3. The van der Waals surface area contributed by atoms with Gasteiger partial charge in [0.05, 0.1) is 18.8 Å². The van der Waals surface area contributed by atoms with Crippen molar-refractivity contribution in [1.29, 1.82) is 0 Å². The highest BCUT2D eigenvalue weighted by Crippen LogP contribution is 2.25. The van der Waals surface area contributed by atoms with Crippen molar-refractivity contribution < 1.29 is 33.7 Å². The fraction of sp³-hybridized carbons (Fsp3) is 0.500. The lowest BCUT2D eigenvalue weighted by molar-refractivity contribution is -0.141. The Morgan fingerprint density at radius 2 is 1.82 bits per heavy atom. The van der Waals surface area contributed by atoms with E-state index in [1.165, 1.54) is 23.2 Å². The van der Waals surface area contributed by atoms with Crippen molar-refractivity contribution in [3.8, 4) is 11.3 Å². The van der Waals surface area contributed by atoms with Crippen LogP contribution < -0.4 is 10.6 Å². The van der Waals surface area contributed by atoms with E-state index in [9.17, 15) is 29.0 Å². The number of pyridine rings is 1. The van der Waals surface area contributed by atoms with Gasteiger partial charge in [-0.3, -0.25) is 14.6 Å². The van der Waals surface area contributed by atoms with Crippen molar-refractivity contribution in [1.82, 2.24) is 20.5 Å². The maximum absolute atomic E-state index is 14.1. The molecule has 3 amide bonds. The summed E-state index contributed by atoms with van der Waals surface area (Å²) >= 11 is 0. The molecule has 0 bridgehead atoms. The van der Waals surface area contributed by atoms with Crippen molar-refractivity contribution in [2.75, 3.05) is 13.2 Å². The molecule has 212 valence electrons. The number of halogens is 1. The first-order chi connectivity index (χ1) is 18.3. The average Bonchev–Trinajstić information content (AvgIpc) is 3.26. The third-order valence-corrected chi connectivity index (χ3v) is 6.31. The molecular weight excluding hydrogens is 507 g/mol. The summed E-state index contributed by atoms with van der Waals surface area (Å²) in [5.41, 5.74) is 0.522. The molecular formula is C28H37FN4O6. The lowest BCUT2D eigenvalue weighted by Gasteiger charge is -2.31. The second-order valence-corrected chi connectivity index (χ2v) is 11.0. The Labute approximate surface area is 227 Å². The molecule has 0 saturated carbocycles. The van der Waals surface area contributed by atoms with E-state index < -0.39 is 60.2 Å². The monoisotopic (exact) mass is 544 g/mol. The third-order valence-electron chi connectivity index (χ3n) is 6.31. The van der Waals surface area contributed by atoms with Crippen molar-refractivity contribution in [2.24, 2.45) is 5.92 Å². The molecule has 0 spiro atoms. The SMILES string of the molecule is CC(C)[C@H](NC(=O)OC(C)(C)C)C(=O)N1C[C@H](O)C[C@H]1C(=O)N[C@@H](CO)c1ccc(-c2ncccc2F)cc1. The van der Waals surface area contributed by atoms with E-state index >= 15 is 0 Å². The van der Waals surface area contributed by atoms with Gasteiger partial charge in [-0.15, -0.1) is 0 Å². The maximum atomic E-state index is 14.1. The van der Waals surface area contributed by atoms with Crippen LogP contribution in [-0.4, -0.2) is 74.9 Å². The Morgan fingerprint density at radius 3 is 2.38 bits per heavy atom. The summed E-state index contributed by atoms with van der Waals surface area (Å²) in [5.74, 6) is -1.87. The predicted octanol–water partition coefficient (Wildman–Crippen LogP) is 2.55.